The summed E-state index contributed by atoms with van der Waals surface area (Å²) in [5.74, 6) is 1.61. The predicted octanol–water partition coefficient (Wildman–Crippen LogP) is 4.16. The first-order valence-corrected chi connectivity index (χ1v) is 12.1. The number of piperazine rings is 1. The monoisotopic (exact) mass is 474 g/mol. The Balaban J connectivity index is 1.31. The number of amides is 1. The fourth-order valence-corrected chi connectivity index (χ4v) is 4.21. The summed E-state index contributed by atoms with van der Waals surface area (Å²) in [6.07, 6.45) is 5.65. The Kier molecular flexibility index (Phi) is 8.21. The zero-order valence-electron chi connectivity index (χ0n) is 20.8. The van der Waals surface area contributed by atoms with Gasteiger partial charge in [-0.1, -0.05) is 24.3 Å². The molecule has 0 N–H and O–H groups in total. The van der Waals surface area contributed by atoms with Gasteiger partial charge in [0, 0.05) is 62.7 Å². The van der Waals surface area contributed by atoms with Gasteiger partial charge in [0.25, 0.3) is 0 Å². The quantitative estimate of drug-likeness (QED) is 0.436. The molecular formula is C28H34N4O3. The highest BCUT2D eigenvalue weighted by molar-refractivity contribution is 5.91. The molecule has 0 spiro atoms. The number of benzene rings is 2. The van der Waals surface area contributed by atoms with Crippen LogP contribution >= 0.6 is 0 Å². The van der Waals surface area contributed by atoms with Crippen LogP contribution in [0.2, 0.25) is 0 Å². The molecule has 0 saturated carbocycles. The third-order valence-corrected chi connectivity index (χ3v) is 6.31. The maximum Gasteiger partial charge on any atom is 0.246 e. The molecule has 1 aromatic heterocycles. The second-order valence-corrected chi connectivity index (χ2v) is 8.70. The van der Waals surface area contributed by atoms with E-state index in [4.69, 9.17) is 9.47 Å². The van der Waals surface area contributed by atoms with Gasteiger partial charge in [0.1, 0.15) is 18.1 Å². The number of hydrogen-bond donors (Lipinski definition) is 0. The van der Waals surface area contributed by atoms with Gasteiger partial charge in [-0.05, 0) is 49.8 Å². The molecule has 0 aliphatic carbocycles. The zero-order valence-corrected chi connectivity index (χ0v) is 20.8. The van der Waals surface area contributed by atoms with Crippen molar-refractivity contribution in [3.05, 3.63) is 83.2 Å². The minimum atomic E-state index is 0.0394. The van der Waals surface area contributed by atoms with E-state index in [1.807, 2.05) is 64.2 Å². The molecule has 0 radical (unpaired) electrons. The van der Waals surface area contributed by atoms with Gasteiger partial charge in [0.2, 0.25) is 5.91 Å². The van der Waals surface area contributed by atoms with Crippen molar-refractivity contribution in [2.75, 3.05) is 33.3 Å². The number of para-hydroxylation sites is 1. The number of methoxy groups -OCH3 is 1. The van der Waals surface area contributed by atoms with Crippen molar-refractivity contribution in [2.24, 2.45) is 0 Å². The van der Waals surface area contributed by atoms with Gasteiger partial charge in [0.15, 0.2) is 0 Å². The Labute approximate surface area is 207 Å². The number of carbonyl (C=O) groups is 1. The van der Waals surface area contributed by atoms with Gasteiger partial charge in [0.05, 0.1) is 12.8 Å². The first-order valence-electron chi connectivity index (χ1n) is 12.1. The molecule has 7 nitrogen and oxygen atoms in total. The molecule has 1 saturated heterocycles. The van der Waals surface area contributed by atoms with Crippen molar-refractivity contribution in [3.63, 3.8) is 0 Å². The lowest BCUT2D eigenvalue weighted by atomic mass is 10.1. The summed E-state index contributed by atoms with van der Waals surface area (Å²) in [5.41, 5.74) is 4.22. The summed E-state index contributed by atoms with van der Waals surface area (Å²) in [5, 5.41) is 4.54. The molecule has 2 aromatic carbocycles. The van der Waals surface area contributed by atoms with Crippen molar-refractivity contribution in [2.45, 2.75) is 33.5 Å². The second-order valence-electron chi connectivity index (χ2n) is 8.70. The fraction of sp³-hybridized carbons (Fsp3) is 0.357. The molecule has 0 unspecified atom stereocenters. The van der Waals surface area contributed by atoms with E-state index in [1.54, 1.807) is 13.2 Å². The maximum absolute atomic E-state index is 12.8. The molecule has 184 valence electrons. The van der Waals surface area contributed by atoms with Crippen molar-refractivity contribution >= 4 is 12.0 Å². The van der Waals surface area contributed by atoms with Gasteiger partial charge in [-0.15, -0.1) is 0 Å². The van der Waals surface area contributed by atoms with Crippen LogP contribution in [-0.2, 0) is 24.5 Å². The highest BCUT2D eigenvalue weighted by atomic mass is 16.5. The highest BCUT2D eigenvalue weighted by Crippen LogP contribution is 2.23. The molecule has 1 aliphatic heterocycles. The molecule has 7 heteroatoms. The van der Waals surface area contributed by atoms with Gasteiger partial charge in [-0.25, -0.2) is 0 Å². The van der Waals surface area contributed by atoms with Gasteiger partial charge >= 0.3 is 0 Å². The zero-order chi connectivity index (χ0) is 24.6. The van der Waals surface area contributed by atoms with E-state index in [1.165, 1.54) is 5.56 Å². The van der Waals surface area contributed by atoms with Crippen LogP contribution in [0, 0.1) is 6.92 Å². The molecular weight excluding hydrogens is 440 g/mol. The van der Waals surface area contributed by atoms with Crippen molar-refractivity contribution in [1.29, 1.82) is 0 Å². The number of rotatable bonds is 9. The minimum Gasteiger partial charge on any atom is -0.496 e. The Bertz CT molecular complexity index is 1150. The lowest BCUT2D eigenvalue weighted by molar-refractivity contribution is -0.127. The molecule has 1 aliphatic rings. The molecule has 2 heterocycles. The SMILES string of the molecule is CCn1cc(CN2CCN(C(=O)/C=C/c3ccc(OC)c(COc4ccccc4)c3)CC2)c(C)n1. The lowest BCUT2D eigenvalue weighted by Crippen LogP contribution is -2.47. The highest BCUT2D eigenvalue weighted by Gasteiger charge is 2.20. The summed E-state index contributed by atoms with van der Waals surface area (Å²) in [6, 6.07) is 15.6. The largest absolute Gasteiger partial charge is 0.496 e. The average Bonchev–Trinajstić information content (AvgIpc) is 3.26. The van der Waals surface area contributed by atoms with Crippen molar-refractivity contribution < 1.29 is 14.3 Å². The van der Waals surface area contributed by atoms with Crippen LogP contribution in [0.5, 0.6) is 11.5 Å². The predicted molar refractivity (Wildman–Crippen MR) is 137 cm³/mol. The topological polar surface area (TPSA) is 59.8 Å². The molecule has 3 aromatic rings. The second kappa shape index (κ2) is 11.7. The third-order valence-electron chi connectivity index (χ3n) is 6.31. The van der Waals surface area contributed by atoms with E-state index >= 15 is 0 Å². The van der Waals surface area contributed by atoms with E-state index in [-0.39, 0.29) is 5.91 Å². The number of carbonyl (C=O) groups excluding carboxylic acids is 1. The van der Waals surface area contributed by atoms with E-state index in [9.17, 15) is 4.79 Å². The van der Waals surface area contributed by atoms with Crippen LogP contribution < -0.4 is 9.47 Å². The number of aromatic nitrogens is 2. The number of ether oxygens (including phenoxy) is 2. The fourth-order valence-electron chi connectivity index (χ4n) is 4.21. The first kappa shape index (κ1) is 24.5. The van der Waals surface area contributed by atoms with Gasteiger partial charge in [-0.3, -0.25) is 14.4 Å². The average molecular weight is 475 g/mol. The Morgan fingerprint density at radius 2 is 1.83 bits per heavy atom. The van der Waals surface area contributed by atoms with E-state index in [0.717, 1.165) is 67.6 Å². The summed E-state index contributed by atoms with van der Waals surface area (Å²) in [4.78, 5) is 17.1. The first-order chi connectivity index (χ1) is 17.1. The number of aryl methyl sites for hydroxylation is 2. The summed E-state index contributed by atoms with van der Waals surface area (Å²) in [6.45, 7) is 9.48. The Hall–Kier alpha value is -3.58. The maximum atomic E-state index is 12.8. The molecule has 4 rings (SSSR count). The number of hydrogen-bond acceptors (Lipinski definition) is 5. The summed E-state index contributed by atoms with van der Waals surface area (Å²) >= 11 is 0. The van der Waals surface area contributed by atoms with Crippen LogP contribution in [0.25, 0.3) is 6.08 Å². The van der Waals surface area contributed by atoms with Gasteiger partial charge in [-0.2, -0.15) is 5.10 Å². The van der Waals surface area contributed by atoms with Crippen molar-refractivity contribution in [3.8, 4) is 11.5 Å². The van der Waals surface area contributed by atoms with Crippen LogP contribution in [0.3, 0.4) is 0 Å². The van der Waals surface area contributed by atoms with Crippen LogP contribution in [-0.4, -0.2) is 58.8 Å². The van der Waals surface area contributed by atoms with E-state index in [2.05, 4.69) is 30.0 Å². The van der Waals surface area contributed by atoms with Crippen LogP contribution in [0.15, 0.2) is 60.8 Å². The van der Waals surface area contributed by atoms with E-state index in [0.29, 0.717) is 6.61 Å². The van der Waals surface area contributed by atoms with Gasteiger partial charge < -0.3 is 14.4 Å². The Morgan fingerprint density at radius 1 is 1.06 bits per heavy atom. The smallest absolute Gasteiger partial charge is 0.246 e. The molecule has 0 atom stereocenters. The Morgan fingerprint density at radius 3 is 2.51 bits per heavy atom. The normalized spacial score (nSPS) is 14.4. The molecule has 1 amide bonds. The third kappa shape index (κ3) is 6.51. The molecule has 35 heavy (non-hydrogen) atoms. The van der Waals surface area contributed by atoms with Crippen molar-refractivity contribution in [1.82, 2.24) is 19.6 Å². The summed E-state index contributed by atoms with van der Waals surface area (Å²) in [7, 11) is 1.65. The van der Waals surface area contributed by atoms with Crippen LogP contribution in [0.4, 0.5) is 0 Å². The standard InChI is InChI=1S/C28H34N4O3/c1-4-32-20-25(22(2)29-32)19-30-14-16-31(17-15-30)28(33)13-11-23-10-12-27(34-3)24(18-23)21-35-26-8-6-5-7-9-26/h5-13,18,20H,4,14-17,19,21H2,1-3H3/b13-11+. The van der Waals surface area contributed by atoms with E-state index < -0.39 is 0 Å². The lowest BCUT2D eigenvalue weighted by Gasteiger charge is -2.34. The summed E-state index contributed by atoms with van der Waals surface area (Å²) < 4.78 is 13.4. The van der Waals surface area contributed by atoms with Crippen LogP contribution in [0.1, 0.15) is 29.3 Å². The number of nitrogens with zero attached hydrogens (tertiary/aromatic N) is 4. The minimum absolute atomic E-state index is 0.0394. The molecule has 1 fully saturated rings. The molecule has 0 bridgehead atoms.